The first-order valence-corrected chi connectivity index (χ1v) is 10.6. The summed E-state index contributed by atoms with van der Waals surface area (Å²) in [6, 6.07) is 12.5. The Bertz CT molecular complexity index is 867. The molecule has 30 heavy (non-hydrogen) atoms. The van der Waals surface area contributed by atoms with Gasteiger partial charge in [-0.15, -0.1) is 0 Å². The monoisotopic (exact) mass is 430 g/mol. The lowest BCUT2D eigenvalue weighted by molar-refractivity contribution is -0.142. The highest BCUT2D eigenvalue weighted by Crippen LogP contribution is 2.19. The quantitative estimate of drug-likeness (QED) is 0.629. The van der Waals surface area contributed by atoms with Gasteiger partial charge in [0.15, 0.2) is 6.61 Å². The molecule has 0 radical (unpaired) electrons. The molecule has 0 aromatic heterocycles. The first kappa shape index (κ1) is 23.7. The van der Waals surface area contributed by atoms with E-state index in [1.807, 2.05) is 58.0 Å². The van der Waals surface area contributed by atoms with Gasteiger partial charge in [-0.05, 0) is 63.4 Å². The summed E-state index contributed by atoms with van der Waals surface area (Å²) in [6.07, 6.45) is 0.819. The number of nitrogens with zero attached hydrogens (tertiary/aromatic N) is 1. The van der Waals surface area contributed by atoms with E-state index >= 15 is 0 Å². The second-order valence-electron chi connectivity index (χ2n) is 7.70. The normalized spacial score (nSPS) is 12.7. The molecule has 0 heterocycles. The third-order valence-electron chi connectivity index (χ3n) is 5.12. The third-order valence-corrected chi connectivity index (χ3v) is 5.37. The van der Waals surface area contributed by atoms with Crippen LogP contribution in [0.4, 0.5) is 0 Å². The predicted molar refractivity (Wildman–Crippen MR) is 121 cm³/mol. The number of aryl methyl sites for hydroxylation is 2. The topological polar surface area (TPSA) is 58.6 Å². The molecule has 162 valence electrons. The van der Waals surface area contributed by atoms with Gasteiger partial charge in [0.2, 0.25) is 5.91 Å². The van der Waals surface area contributed by atoms with Crippen LogP contribution < -0.4 is 10.1 Å². The van der Waals surface area contributed by atoms with Crippen molar-refractivity contribution in [3.63, 3.8) is 0 Å². The number of rotatable bonds is 9. The Hall–Kier alpha value is -2.53. The number of carbonyl (C=O) groups excluding carboxylic acids is 2. The van der Waals surface area contributed by atoms with E-state index < -0.39 is 6.04 Å². The third kappa shape index (κ3) is 6.77. The number of carbonyl (C=O) groups is 2. The smallest absolute Gasteiger partial charge is 0.261 e. The van der Waals surface area contributed by atoms with Crippen LogP contribution in [-0.4, -0.2) is 35.4 Å². The van der Waals surface area contributed by atoms with Crippen LogP contribution in [0, 0.1) is 13.8 Å². The minimum absolute atomic E-state index is 0.0406. The van der Waals surface area contributed by atoms with Gasteiger partial charge in [0.05, 0.1) is 0 Å². The van der Waals surface area contributed by atoms with Crippen molar-refractivity contribution in [3.05, 3.63) is 64.2 Å². The predicted octanol–water partition coefficient (Wildman–Crippen LogP) is 4.67. The van der Waals surface area contributed by atoms with Crippen LogP contribution in [0.2, 0.25) is 5.02 Å². The molecule has 2 atom stereocenters. The van der Waals surface area contributed by atoms with Crippen LogP contribution in [0.3, 0.4) is 0 Å². The van der Waals surface area contributed by atoms with Crippen molar-refractivity contribution in [1.82, 2.24) is 10.2 Å². The average molecular weight is 431 g/mol. The minimum Gasteiger partial charge on any atom is -0.483 e. The summed E-state index contributed by atoms with van der Waals surface area (Å²) in [6.45, 7) is 9.79. The van der Waals surface area contributed by atoms with Gasteiger partial charge in [0.1, 0.15) is 11.8 Å². The van der Waals surface area contributed by atoms with Crippen LogP contribution >= 0.6 is 11.6 Å². The summed E-state index contributed by atoms with van der Waals surface area (Å²) in [4.78, 5) is 27.3. The van der Waals surface area contributed by atoms with Crippen molar-refractivity contribution < 1.29 is 14.3 Å². The average Bonchev–Trinajstić information content (AvgIpc) is 2.71. The molecular formula is C24H31ClN2O3. The number of hydrogen-bond donors (Lipinski definition) is 1. The second-order valence-corrected chi connectivity index (χ2v) is 8.14. The molecule has 2 unspecified atom stereocenters. The van der Waals surface area contributed by atoms with Crippen LogP contribution in [0.1, 0.15) is 43.9 Å². The molecule has 0 fully saturated rings. The van der Waals surface area contributed by atoms with Crippen molar-refractivity contribution in [2.45, 2.75) is 59.7 Å². The first-order valence-electron chi connectivity index (χ1n) is 10.3. The van der Waals surface area contributed by atoms with Gasteiger partial charge in [0.25, 0.3) is 5.91 Å². The second kappa shape index (κ2) is 11.0. The summed E-state index contributed by atoms with van der Waals surface area (Å²) in [5.74, 6) is 0.229. The maximum atomic E-state index is 13.1. The van der Waals surface area contributed by atoms with Crippen molar-refractivity contribution >= 4 is 23.4 Å². The van der Waals surface area contributed by atoms with E-state index in [1.54, 1.807) is 24.0 Å². The van der Waals surface area contributed by atoms with E-state index in [-0.39, 0.29) is 24.5 Å². The Kier molecular flexibility index (Phi) is 8.72. The van der Waals surface area contributed by atoms with Crippen LogP contribution in [0.25, 0.3) is 0 Å². The molecule has 0 saturated heterocycles. The molecule has 0 aliphatic heterocycles. The summed E-state index contributed by atoms with van der Waals surface area (Å²) >= 11 is 5.98. The summed E-state index contributed by atoms with van der Waals surface area (Å²) in [7, 11) is 0. The van der Waals surface area contributed by atoms with E-state index in [1.165, 1.54) is 0 Å². The van der Waals surface area contributed by atoms with E-state index in [2.05, 4.69) is 5.32 Å². The van der Waals surface area contributed by atoms with E-state index in [9.17, 15) is 9.59 Å². The Morgan fingerprint density at radius 1 is 1.10 bits per heavy atom. The standard InChI is InChI=1S/C24H31ClN2O3/c1-6-18(4)26-24(29)19(5)27(14-20-8-10-21(25)11-9-20)23(28)15-30-22-12-7-16(2)13-17(22)3/h7-13,18-19H,6,14-15H2,1-5H3,(H,26,29). The fraction of sp³-hybridized carbons (Fsp3) is 0.417. The lowest BCUT2D eigenvalue weighted by atomic mass is 10.1. The van der Waals surface area contributed by atoms with E-state index in [0.717, 1.165) is 23.1 Å². The molecule has 2 rings (SSSR count). The van der Waals surface area contributed by atoms with Gasteiger partial charge in [-0.3, -0.25) is 9.59 Å². The molecule has 0 saturated carbocycles. The van der Waals surface area contributed by atoms with E-state index in [0.29, 0.717) is 17.3 Å². The van der Waals surface area contributed by atoms with Gasteiger partial charge in [0, 0.05) is 17.6 Å². The lowest BCUT2D eigenvalue weighted by Crippen LogP contribution is -2.50. The van der Waals surface area contributed by atoms with Gasteiger partial charge >= 0.3 is 0 Å². The zero-order valence-corrected chi connectivity index (χ0v) is 19.1. The molecule has 5 nitrogen and oxygen atoms in total. The van der Waals surface area contributed by atoms with Crippen LogP contribution in [0.5, 0.6) is 5.75 Å². The summed E-state index contributed by atoms with van der Waals surface area (Å²) in [5, 5.41) is 3.58. The highest BCUT2D eigenvalue weighted by Gasteiger charge is 2.27. The molecule has 0 aliphatic rings. The van der Waals surface area contributed by atoms with Gasteiger partial charge in [-0.25, -0.2) is 0 Å². The molecule has 6 heteroatoms. The Morgan fingerprint density at radius 3 is 2.37 bits per heavy atom. The highest BCUT2D eigenvalue weighted by atomic mass is 35.5. The largest absolute Gasteiger partial charge is 0.483 e. The summed E-state index contributed by atoms with van der Waals surface area (Å²) in [5.41, 5.74) is 2.99. The number of ether oxygens (including phenoxy) is 1. The Labute approximate surface area is 184 Å². The number of nitrogens with one attached hydrogen (secondary N) is 1. The van der Waals surface area contributed by atoms with Gasteiger partial charge in [-0.2, -0.15) is 0 Å². The molecule has 1 N–H and O–H groups in total. The molecule has 2 aromatic rings. The Morgan fingerprint density at radius 2 is 1.77 bits per heavy atom. The number of hydrogen-bond acceptors (Lipinski definition) is 3. The number of halogens is 1. The Balaban J connectivity index is 2.16. The molecule has 2 amide bonds. The minimum atomic E-state index is -0.634. The van der Waals surface area contributed by atoms with Crippen LogP contribution in [-0.2, 0) is 16.1 Å². The molecule has 0 spiro atoms. The van der Waals surface area contributed by atoms with Gasteiger partial charge < -0.3 is 15.0 Å². The van der Waals surface area contributed by atoms with E-state index in [4.69, 9.17) is 16.3 Å². The molecule has 2 aromatic carbocycles. The SMILES string of the molecule is CCC(C)NC(=O)C(C)N(Cc1ccc(Cl)cc1)C(=O)COc1ccc(C)cc1C. The van der Waals surface area contributed by atoms with Crippen molar-refractivity contribution in [2.75, 3.05) is 6.61 Å². The highest BCUT2D eigenvalue weighted by molar-refractivity contribution is 6.30. The lowest BCUT2D eigenvalue weighted by Gasteiger charge is -2.29. The van der Waals surface area contributed by atoms with Crippen molar-refractivity contribution in [1.29, 1.82) is 0 Å². The van der Waals surface area contributed by atoms with Crippen molar-refractivity contribution in [2.24, 2.45) is 0 Å². The molecule has 0 aliphatic carbocycles. The number of amides is 2. The first-order chi connectivity index (χ1) is 14.2. The van der Waals surface area contributed by atoms with Crippen molar-refractivity contribution in [3.8, 4) is 5.75 Å². The van der Waals surface area contributed by atoms with Crippen LogP contribution in [0.15, 0.2) is 42.5 Å². The molecular weight excluding hydrogens is 400 g/mol. The maximum absolute atomic E-state index is 13.1. The summed E-state index contributed by atoms with van der Waals surface area (Å²) < 4.78 is 5.78. The maximum Gasteiger partial charge on any atom is 0.261 e. The zero-order valence-electron chi connectivity index (χ0n) is 18.4. The zero-order chi connectivity index (χ0) is 22.3. The van der Waals surface area contributed by atoms with Gasteiger partial charge in [-0.1, -0.05) is 48.4 Å². The number of benzene rings is 2. The fourth-order valence-corrected chi connectivity index (χ4v) is 3.14. The molecule has 0 bridgehead atoms. The fourth-order valence-electron chi connectivity index (χ4n) is 3.02.